The molecule has 0 aliphatic heterocycles. The van der Waals surface area contributed by atoms with E-state index in [4.69, 9.17) is 16.5 Å². The zero-order valence-corrected chi connectivity index (χ0v) is 11.5. The lowest BCUT2D eigenvalue weighted by Gasteiger charge is -2.33. The number of nitrogens with zero attached hydrogens (tertiary/aromatic N) is 2. The van der Waals surface area contributed by atoms with Crippen molar-refractivity contribution in [3.8, 4) is 6.07 Å². The normalized spacial score (nSPS) is 15.6. The highest BCUT2D eigenvalue weighted by Gasteiger charge is 2.21. The molecule has 2 unspecified atom stereocenters. The number of rotatable bonds is 6. The van der Waals surface area contributed by atoms with Crippen molar-refractivity contribution in [2.45, 2.75) is 52.1 Å². The Bertz CT molecular complexity index is 186. The Kier molecular flexibility index (Phi) is 8.05. The first-order valence-corrected chi connectivity index (χ1v) is 8.16. The van der Waals surface area contributed by atoms with Gasteiger partial charge in [-0.15, -0.1) is 12.2 Å². The third kappa shape index (κ3) is 5.41. The number of unbranched alkanes of at least 4 members (excludes halogenated alkanes) is 1. The fourth-order valence-electron chi connectivity index (χ4n) is 1.47. The van der Waals surface area contributed by atoms with Crippen LogP contribution in [0.25, 0.3) is 0 Å². The first kappa shape index (κ1) is 14.5. The smallest absolute Gasteiger partial charge is 0.121 e. The minimum Gasteiger partial charge on any atom is -0.256 e. The first-order chi connectivity index (χ1) is 6.50. The van der Waals surface area contributed by atoms with Crippen LogP contribution in [0, 0.1) is 11.3 Å². The molecule has 0 rings (SSSR count). The first-order valence-electron chi connectivity index (χ1n) is 4.80. The summed E-state index contributed by atoms with van der Waals surface area (Å²) in [6.45, 7) is 5.54. The van der Waals surface area contributed by atoms with Crippen LogP contribution in [-0.4, -0.2) is 16.8 Å². The lowest BCUT2D eigenvalue weighted by molar-refractivity contribution is 0.296. The molecule has 14 heavy (non-hydrogen) atoms. The van der Waals surface area contributed by atoms with Gasteiger partial charge in [-0.25, -0.2) is 0 Å². The van der Waals surface area contributed by atoms with Crippen molar-refractivity contribution < 1.29 is 0 Å². The van der Waals surface area contributed by atoms with E-state index in [9.17, 15) is 0 Å². The van der Waals surface area contributed by atoms with Gasteiger partial charge in [0.1, 0.15) is 6.63 Å². The van der Waals surface area contributed by atoms with Crippen LogP contribution >= 0.6 is 30.1 Å². The molecule has 2 atom stereocenters. The molecule has 2 nitrogen and oxygen atoms in total. The molecule has 0 radical (unpaired) electrons. The summed E-state index contributed by atoms with van der Waals surface area (Å²) in [5.41, 5.74) is 0. The van der Waals surface area contributed by atoms with Gasteiger partial charge in [-0.2, -0.15) is 5.26 Å². The molecule has 0 aliphatic carbocycles. The van der Waals surface area contributed by atoms with Crippen molar-refractivity contribution in [2.24, 2.45) is 0 Å². The predicted octanol–water partition coefficient (Wildman–Crippen LogP) is 4.17. The van der Waals surface area contributed by atoms with Gasteiger partial charge in [0.2, 0.25) is 0 Å². The third-order valence-corrected chi connectivity index (χ3v) is 4.46. The van der Waals surface area contributed by atoms with Gasteiger partial charge in [0.25, 0.3) is 0 Å². The summed E-state index contributed by atoms with van der Waals surface area (Å²) >= 11 is 10.3. The minimum atomic E-state index is -0.846. The molecule has 0 N–H and O–H groups in total. The van der Waals surface area contributed by atoms with Crippen molar-refractivity contribution >= 4 is 30.1 Å². The van der Waals surface area contributed by atoms with Gasteiger partial charge in [-0.3, -0.25) is 4.67 Å². The van der Waals surface area contributed by atoms with Gasteiger partial charge in [-0.05, 0) is 33.6 Å². The average molecular weight is 253 g/mol. The number of hydrogen-bond donors (Lipinski definition) is 1. The molecule has 0 amide bonds. The number of halogens is 1. The van der Waals surface area contributed by atoms with Crippen LogP contribution in [0.15, 0.2) is 0 Å². The van der Waals surface area contributed by atoms with E-state index in [2.05, 4.69) is 43.8 Å². The van der Waals surface area contributed by atoms with Gasteiger partial charge in [0, 0.05) is 18.5 Å². The van der Waals surface area contributed by atoms with Crippen molar-refractivity contribution in [3.63, 3.8) is 0 Å². The van der Waals surface area contributed by atoms with Crippen LogP contribution in [0.1, 0.15) is 40.0 Å². The SMILES string of the molecule is CC(C)N(C(C)CCCC#N)P(S)Cl. The number of thiol groups is 1. The Balaban J connectivity index is 4.03. The van der Waals surface area contributed by atoms with E-state index in [1.807, 2.05) is 0 Å². The van der Waals surface area contributed by atoms with Gasteiger partial charge in [0.15, 0.2) is 0 Å². The monoisotopic (exact) mass is 252 g/mol. The quantitative estimate of drug-likeness (QED) is 0.436. The second-order valence-electron chi connectivity index (χ2n) is 3.61. The van der Waals surface area contributed by atoms with Crippen LogP contribution in [0.4, 0.5) is 0 Å². The average Bonchev–Trinajstić information content (AvgIpc) is 2.03. The van der Waals surface area contributed by atoms with Gasteiger partial charge in [0.05, 0.1) is 6.07 Å². The van der Waals surface area contributed by atoms with Crippen LogP contribution in [0.5, 0.6) is 0 Å². The number of hydrogen-bond acceptors (Lipinski definition) is 3. The minimum absolute atomic E-state index is 0.407. The second-order valence-corrected chi connectivity index (χ2v) is 7.36. The number of nitriles is 1. The summed E-state index contributed by atoms with van der Waals surface area (Å²) in [7, 11) is 0. The van der Waals surface area contributed by atoms with Crippen molar-refractivity contribution in [3.05, 3.63) is 0 Å². The predicted molar refractivity (Wildman–Crippen MR) is 67.7 cm³/mol. The Labute approximate surface area is 98.4 Å². The largest absolute Gasteiger partial charge is 0.256 e. The zero-order chi connectivity index (χ0) is 11.1. The molecule has 0 aromatic carbocycles. The maximum atomic E-state index is 8.44. The van der Waals surface area contributed by atoms with Crippen molar-refractivity contribution in [1.82, 2.24) is 4.67 Å². The Morgan fingerprint density at radius 2 is 2.07 bits per heavy atom. The van der Waals surface area contributed by atoms with Crippen molar-refractivity contribution in [2.75, 3.05) is 0 Å². The molecular formula is C9H18ClN2PS. The molecule has 0 aliphatic rings. The highest BCUT2D eigenvalue weighted by Crippen LogP contribution is 2.52. The van der Waals surface area contributed by atoms with Gasteiger partial charge in [-0.1, -0.05) is 11.2 Å². The van der Waals surface area contributed by atoms with E-state index < -0.39 is 6.63 Å². The summed E-state index contributed by atoms with van der Waals surface area (Å²) in [6.07, 6.45) is 2.58. The molecule has 82 valence electrons. The Morgan fingerprint density at radius 3 is 2.43 bits per heavy atom. The molecule has 0 saturated carbocycles. The maximum Gasteiger partial charge on any atom is 0.121 e. The zero-order valence-electron chi connectivity index (χ0n) is 8.94. The van der Waals surface area contributed by atoms with E-state index in [1.165, 1.54) is 0 Å². The van der Waals surface area contributed by atoms with E-state index in [1.54, 1.807) is 0 Å². The van der Waals surface area contributed by atoms with Crippen LogP contribution in [0.2, 0.25) is 0 Å². The molecule has 0 aromatic heterocycles. The summed E-state index contributed by atoms with van der Waals surface area (Å²) in [5, 5.41) is 8.44. The topological polar surface area (TPSA) is 27.0 Å². The van der Waals surface area contributed by atoms with Gasteiger partial charge < -0.3 is 0 Å². The van der Waals surface area contributed by atoms with Crippen molar-refractivity contribution in [1.29, 1.82) is 5.26 Å². The van der Waals surface area contributed by atoms with E-state index >= 15 is 0 Å². The van der Waals surface area contributed by atoms with E-state index in [0.717, 1.165) is 12.8 Å². The fraction of sp³-hybridized carbons (Fsp3) is 0.889. The molecule has 0 bridgehead atoms. The summed E-state index contributed by atoms with van der Waals surface area (Å²) < 4.78 is 2.21. The highest BCUT2D eigenvalue weighted by atomic mass is 35.7. The lowest BCUT2D eigenvalue weighted by atomic mass is 10.1. The van der Waals surface area contributed by atoms with Crippen LogP contribution in [-0.2, 0) is 0 Å². The summed E-state index contributed by atoms with van der Waals surface area (Å²) in [4.78, 5) is 0. The van der Waals surface area contributed by atoms with E-state index in [-0.39, 0.29) is 0 Å². The standard InChI is InChI=1S/C9H18ClN2PS/c1-8(2)12(13(10)14)9(3)6-4-5-7-11/h8-9,14H,4-6H2,1-3H3. The molecule has 0 fully saturated rings. The summed E-state index contributed by atoms with van der Waals surface area (Å²) in [5.74, 6) is 0. The molecule has 0 spiro atoms. The van der Waals surface area contributed by atoms with Gasteiger partial charge >= 0.3 is 0 Å². The maximum absolute atomic E-state index is 8.44. The Hall–Kier alpha value is 0.520. The molecular weight excluding hydrogens is 235 g/mol. The molecule has 0 heterocycles. The van der Waals surface area contributed by atoms with E-state index in [0.29, 0.717) is 18.5 Å². The lowest BCUT2D eigenvalue weighted by Crippen LogP contribution is -2.32. The van der Waals surface area contributed by atoms with Crippen LogP contribution in [0.3, 0.4) is 0 Å². The molecule has 0 saturated heterocycles. The molecule has 0 aromatic rings. The highest BCUT2D eigenvalue weighted by molar-refractivity contribution is 8.52. The Morgan fingerprint density at radius 1 is 1.50 bits per heavy atom. The molecule has 5 heteroatoms. The van der Waals surface area contributed by atoms with Crippen LogP contribution < -0.4 is 0 Å². The fourth-order valence-corrected chi connectivity index (χ4v) is 4.41. The third-order valence-electron chi connectivity index (χ3n) is 2.08. The second kappa shape index (κ2) is 7.77. The summed E-state index contributed by atoms with van der Waals surface area (Å²) in [6, 6.07) is 2.97.